The summed E-state index contributed by atoms with van der Waals surface area (Å²) in [7, 11) is 3.19. The van der Waals surface area contributed by atoms with Gasteiger partial charge in [-0.05, 0) is 12.1 Å². The van der Waals surface area contributed by atoms with Crippen LogP contribution in [0.5, 0.6) is 11.5 Å². The van der Waals surface area contributed by atoms with Gasteiger partial charge < -0.3 is 20.2 Å². The fourth-order valence-corrected chi connectivity index (χ4v) is 2.04. The second kappa shape index (κ2) is 4.69. The second-order valence-electron chi connectivity index (χ2n) is 4.10. The Hall–Kier alpha value is -2.83. The molecule has 0 atom stereocenters. The molecular formula is C13H13N5O2. The van der Waals surface area contributed by atoms with Gasteiger partial charge in [0.15, 0.2) is 5.65 Å². The predicted octanol–water partition coefficient (Wildman–Crippen LogP) is 1.62. The molecule has 7 nitrogen and oxygen atoms in total. The van der Waals surface area contributed by atoms with Crippen LogP contribution in [0.15, 0.2) is 24.5 Å². The summed E-state index contributed by atoms with van der Waals surface area (Å²) in [5.74, 6) is 1.50. The maximum Gasteiger partial charge on any atom is 0.222 e. The third kappa shape index (κ3) is 1.89. The molecule has 102 valence electrons. The van der Waals surface area contributed by atoms with Crippen LogP contribution in [0.4, 0.5) is 5.95 Å². The summed E-state index contributed by atoms with van der Waals surface area (Å²) < 4.78 is 10.6. The molecule has 0 saturated heterocycles. The number of nitrogens with one attached hydrogen (secondary N) is 1. The van der Waals surface area contributed by atoms with Gasteiger partial charge in [0, 0.05) is 11.6 Å². The van der Waals surface area contributed by atoms with Gasteiger partial charge in [0.2, 0.25) is 5.95 Å². The summed E-state index contributed by atoms with van der Waals surface area (Å²) in [5, 5.41) is 0. The van der Waals surface area contributed by atoms with Crippen molar-refractivity contribution in [2.24, 2.45) is 0 Å². The van der Waals surface area contributed by atoms with Crippen LogP contribution in [0.1, 0.15) is 0 Å². The largest absolute Gasteiger partial charge is 0.497 e. The summed E-state index contributed by atoms with van der Waals surface area (Å²) in [4.78, 5) is 15.5. The molecule has 2 heterocycles. The number of nitrogens with zero attached hydrogens (tertiary/aromatic N) is 3. The molecular weight excluding hydrogens is 258 g/mol. The number of ether oxygens (including phenoxy) is 2. The van der Waals surface area contributed by atoms with Gasteiger partial charge in [-0.1, -0.05) is 0 Å². The number of fused-ring (bicyclic) bond motifs is 1. The van der Waals surface area contributed by atoms with E-state index >= 15 is 0 Å². The highest BCUT2D eigenvalue weighted by molar-refractivity contribution is 5.90. The first-order valence-corrected chi connectivity index (χ1v) is 5.92. The summed E-state index contributed by atoms with van der Waals surface area (Å²) in [5.41, 5.74) is 8.39. The molecule has 7 heteroatoms. The topological polar surface area (TPSA) is 98.9 Å². The molecule has 0 fully saturated rings. The number of hydrogen-bond donors (Lipinski definition) is 2. The zero-order chi connectivity index (χ0) is 14.1. The number of nitrogens with two attached hydrogens (primary N) is 1. The normalized spacial score (nSPS) is 10.7. The van der Waals surface area contributed by atoms with Crippen LogP contribution in [0.2, 0.25) is 0 Å². The summed E-state index contributed by atoms with van der Waals surface area (Å²) in [6.45, 7) is 0. The quantitative estimate of drug-likeness (QED) is 0.751. The van der Waals surface area contributed by atoms with E-state index in [0.29, 0.717) is 28.4 Å². The maximum absolute atomic E-state index is 5.73. The first-order chi connectivity index (χ1) is 9.72. The van der Waals surface area contributed by atoms with Gasteiger partial charge >= 0.3 is 0 Å². The van der Waals surface area contributed by atoms with Crippen molar-refractivity contribution in [1.82, 2.24) is 19.9 Å². The van der Waals surface area contributed by atoms with Gasteiger partial charge in [-0.15, -0.1) is 0 Å². The molecule has 1 aromatic carbocycles. The second-order valence-corrected chi connectivity index (χ2v) is 4.10. The van der Waals surface area contributed by atoms with Crippen LogP contribution in [0, 0.1) is 0 Å². The molecule has 0 unspecified atom stereocenters. The number of rotatable bonds is 3. The van der Waals surface area contributed by atoms with E-state index in [-0.39, 0.29) is 5.95 Å². The summed E-state index contributed by atoms with van der Waals surface area (Å²) in [6, 6.07) is 5.48. The van der Waals surface area contributed by atoms with Crippen molar-refractivity contribution in [1.29, 1.82) is 0 Å². The molecule has 0 aliphatic rings. The Labute approximate surface area is 114 Å². The number of hydrogen-bond acceptors (Lipinski definition) is 6. The number of methoxy groups -OCH3 is 2. The molecule has 20 heavy (non-hydrogen) atoms. The number of aromatic amines is 1. The Morgan fingerprint density at radius 1 is 1.15 bits per heavy atom. The van der Waals surface area contributed by atoms with Crippen LogP contribution in [-0.4, -0.2) is 34.2 Å². The molecule has 3 aromatic rings. The Morgan fingerprint density at radius 2 is 2.00 bits per heavy atom. The number of benzene rings is 1. The highest BCUT2D eigenvalue weighted by Gasteiger charge is 2.15. The predicted molar refractivity (Wildman–Crippen MR) is 74.6 cm³/mol. The van der Waals surface area contributed by atoms with E-state index < -0.39 is 0 Å². The van der Waals surface area contributed by atoms with Crippen molar-refractivity contribution in [2.75, 3.05) is 20.0 Å². The molecule has 0 aliphatic heterocycles. The third-order valence-corrected chi connectivity index (χ3v) is 2.97. The minimum Gasteiger partial charge on any atom is -0.497 e. The number of imidazole rings is 1. The molecule has 3 N–H and O–H groups in total. The van der Waals surface area contributed by atoms with Gasteiger partial charge in [0.1, 0.15) is 22.7 Å². The Kier molecular flexibility index (Phi) is 2.86. The third-order valence-electron chi connectivity index (χ3n) is 2.97. The fraction of sp³-hybridized carbons (Fsp3) is 0.154. The van der Waals surface area contributed by atoms with Gasteiger partial charge in [0.25, 0.3) is 0 Å². The van der Waals surface area contributed by atoms with Gasteiger partial charge in [-0.3, -0.25) is 0 Å². The lowest BCUT2D eigenvalue weighted by Gasteiger charge is -2.10. The van der Waals surface area contributed by atoms with Crippen molar-refractivity contribution in [3.63, 3.8) is 0 Å². The van der Waals surface area contributed by atoms with Crippen molar-refractivity contribution in [3.8, 4) is 22.8 Å². The first-order valence-electron chi connectivity index (χ1n) is 5.92. The van der Waals surface area contributed by atoms with Crippen molar-refractivity contribution < 1.29 is 9.47 Å². The average molecular weight is 271 g/mol. The number of H-pyrrole nitrogens is 1. The zero-order valence-corrected chi connectivity index (χ0v) is 11.0. The van der Waals surface area contributed by atoms with Gasteiger partial charge in [-0.25, -0.2) is 9.97 Å². The first kappa shape index (κ1) is 12.2. The van der Waals surface area contributed by atoms with Crippen LogP contribution in [0.3, 0.4) is 0 Å². The molecule has 0 amide bonds. The van der Waals surface area contributed by atoms with E-state index in [1.165, 1.54) is 0 Å². The van der Waals surface area contributed by atoms with E-state index in [1.807, 2.05) is 12.1 Å². The minimum absolute atomic E-state index is 0.164. The molecule has 3 rings (SSSR count). The number of anilines is 1. The van der Waals surface area contributed by atoms with Crippen LogP contribution in [0.25, 0.3) is 22.4 Å². The van der Waals surface area contributed by atoms with E-state index in [9.17, 15) is 0 Å². The summed E-state index contributed by atoms with van der Waals surface area (Å²) >= 11 is 0. The zero-order valence-electron chi connectivity index (χ0n) is 11.0. The Morgan fingerprint density at radius 3 is 2.75 bits per heavy atom. The highest BCUT2D eigenvalue weighted by atomic mass is 16.5. The maximum atomic E-state index is 5.73. The van der Waals surface area contributed by atoms with Crippen molar-refractivity contribution >= 4 is 17.1 Å². The smallest absolute Gasteiger partial charge is 0.222 e. The lowest BCUT2D eigenvalue weighted by atomic mass is 10.1. The lowest BCUT2D eigenvalue weighted by Crippen LogP contribution is -1.99. The standard InChI is InChI=1S/C13H13N5O2/c1-19-7-3-4-8(9(5-7)20-2)10-11-12(16-6-15-11)18-13(14)17-10/h3-6H,1-2H3,(H3,14,15,16,17,18). The van der Waals surface area contributed by atoms with Gasteiger partial charge in [0.05, 0.1) is 20.5 Å². The Bertz CT molecular complexity index is 769. The minimum atomic E-state index is 0.164. The van der Waals surface area contributed by atoms with Crippen LogP contribution >= 0.6 is 0 Å². The molecule has 0 saturated carbocycles. The van der Waals surface area contributed by atoms with E-state index in [2.05, 4.69) is 19.9 Å². The number of nitrogen functional groups attached to an aromatic ring is 1. The Balaban J connectivity index is 2.27. The fourth-order valence-electron chi connectivity index (χ4n) is 2.04. The molecule has 0 radical (unpaired) electrons. The summed E-state index contributed by atoms with van der Waals surface area (Å²) in [6.07, 6.45) is 1.55. The van der Waals surface area contributed by atoms with Crippen LogP contribution in [-0.2, 0) is 0 Å². The van der Waals surface area contributed by atoms with E-state index in [1.54, 1.807) is 26.6 Å². The molecule has 0 aliphatic carbocycles. The van der Waals surface area contributed by atoms with Crippen molar-refractivity contribution in [3.05, 3.63) is 24.5 Å². The van der Waals surface area contributed by atoms with Crippen LogP contribution < -0.4 is 15.2 Å². The molecule has 2 aromatic heterocycles. The monoisotopic (exact) mass is 271 g/mol. The SMILES string of the molecule is COc1ccc(-c2nc(N)nc3nc[nH]c23)c(OC)c1. The average Bonchev–Trinajstić information content (AvgIpc) is 2.93. The van der Waals surface area contributed by atoms with E-state index in [0.717, 1.165) is 5.56 Å². The van der Waals surface area contributed by atoms with E-state index in [4.69, 9.17) is 15.2 Å². The van der Waals surface area contributed by atoms with Gasteiger partial charge in [-0.2, -0.15) is 4.98 Å². The van der Waals surface area contributed by atoms with Crippen molar-refractivity contribution in [2.45, 2.75) is 0 Å². The highest BCUT2D eigenvalue weighted by Crippen LogP contribution is 2.34. The lowest BCUT2D eigenvalue weighted by molar-refractivity contribution is 0.395. The number of aromatic nitrogens is 4. The molecule has 0 spiro atoms. The molecule has 0 bridgehead atoms.